The second-order valence-electron chi connectivity index (χ2n) is 5.99. The van der Waals surface area contributed by atoms with E-state index in [4.69, 9.17) is 0 Å². The molecule has 0 saturated heterocycles. The Morgan fingerprint density at radius 3 is 2.29 bits per heavy atom. The summed E-state index contributed by atoms with van der Waals surface area (Å²) in [4.78, 5) is 14.8. The zero-order valence-electron chi connectivity index (χ0n) is 14.5. The largest absolute Gasteiger partial charge is 0.335 e. The van der Waals surface area contributed by atoms with Crippen LogP contribution in [0.2, 0.25) is 0 Å². The molecule has 4 nitrogen and oxygen atoms in total. The number of rotatable bonds is 5. The van der Waals surface area contributed by atoms with E-state index in [2.05, 4.69) is 0 Å². The lowest BCUT2D eigenvalue weighted by atomic mass is 10.1. The normalized spacial score (nSPS) is 11.3. The van der Waals surface area contributed by atoms with Crippen LogP contribution in [0.15, 0.2) is 47.4 Å². The van der Waals surface area contributed by atoms with Crippen LogP contribution >= 0.6 is 0 Å². The molecule has 0 N–H and O–H groups in total. The zero-order chi connectivity index (χ0) is 17.9. The van der Waals surface area contributed by atoms with E-state index in [0.717, 1.165) is 22.9 Å². The molecule has 2 aromatic carbocycles. The number of hydrogen-bond acceptors (Lipinski definition) is 3. The van der Waals surface area contributed by atoms with E-state index in [9.17, 15) is 13.2 Å². The van der Waals surface area contributed by atoms with Gasteiger partial charge in [-0.2, -0.15) is 0 Å². The Kier molecular flexibility index (Phi) is 5.44. The van der Waals surface area contributed by atoms with E-state index in [1.54, 1.807) is 17.0 Å². The average Bonchev–Trinajstić information content (AvgIpc) is 2.53. The van der Waals surface area contributed by atoms with Crippen molar-refractivity contribution in [1.82, 2.24) is 4.90 Å². The Balaban J connectivity index is 2.37. The highest BCUT2D eigenvalue weighted by molar-refractivity contribution is 7.90. The molecular formula is C19H23NO3S. The van der Waals surface area contributed by atoms with Crippen molar-refractivity contribution in [1.29, 1.82) is 0 Å². The highest BCUT2D eigenvalue weighted by Crippen LogP contribution is 2.19. The van der Waals surface area contributed by atoms with Gasteiger partial charge in [0.25, 0.3) is 5.91 Å². The van der Waals surface area contributed by atoms with Gasteiger partial charge in [-0.1, -0.05) is 30.3 Å². The predicted molar refractivity (Wildman–Crippen MR) is 95.9 cm³/mol. The van der Waals surface area contributed by atoms with Gasteiger partial charge in [-0.05, 0) is 49.6 Å². The van der Waals surface area contributed by atoms with E-state index >= 15 is 0 Å². The summed E-state index contributed by atoms with van der Waals surface area (Å²) < 4.78 is 23.5. The van der Waals surface area contributed by atoms with Gasteiger partial charge in [0.15, 0.2) is 9.84 Å². The monoisotopic (exact) mass is 345 g/mol. The van der Waals surface area contributed by atoms with Crippen LogP contribution in [-0.4, -0.2) is 32.0 Å². The van der Waals surface area contributed by atoms with Gasteiger partial charge in [-0.25, -0.2) is 8.42 Å². The molecule has 0 fully saturated rings. The first-order valence-corrected chi connectivity index (χ1v) is 9.77. The number of sulfone groups is 1. The number of benzene rings is 2. The van der Waals surface area contributed by atoms with Crippen molar-refractivity contribution < 1.29 is 13.2 Å². The summed E-state index contributed by atoms with van der Waals surface area (Å²) >= 11 is 0. The molecule has 2 aromatic rings. The topological polar surface area (TPSA) is 54.5 Å². The third-order valence-electron chi connectivity index (χ3n) is 4.16. The van der Waals surface area contributed by atoms with Crippen LogP contribution in [0.1, 0.15) is 34.0 Å². The minimum Gasteiger partial charge on any atom is -0.335 e. The average molecular weight is 345 g/mol. The van der Waals surface area contributed by atoms with Gasteiger partial charge in [-0.15, -0.1) is 0 Å². The van der Waals surface area contributed by atoms with Crippen molar-refractivity contribution in [2.75, 3.05) is 12.8 Å². The fraction of sp³-hybridized carbons (Fsp3) is 0.316. The van der Waals surface area contributed by atoms with Crippen molar-refractivity contribution in [3.8, 4) is 0 Å². The maximum atomic E-state index is 12.9. The van der Waals surface area contributed by atoms with Gasteiger partial charge in [0.2, 0.25) is 0 Å². The van der Waals surface area contributed by atoms with Crippen molar-refractivity contribution >= 4 is 15.7 Å². The van der Waals surface area contributed by atoms with Gasteiger partial charge >= 0.3 is 0 Å². The van der Waals surface area contributed by atoms with Crippen LogP contribution in [0.5, 0.6) is 0 Å². The Hall–Kier alpha value is -2.14. The standard InChI is InChI=1S/C19H23NO3S/c1-5-20(13-16-9-7-6-8-14(16)2)19(21)18-12-17(24(4,22)23)11-10-15(18)3/h6-12H,5,13H2,1-4H3. The molecule has 0 bridgehead atoms. The van der Waals surface area contributed by atoms with E-state index < -0.39 is 9.84 Å². The van der Waals surface area contributed by atoms with Crippen LogP contribution in [0.4, 0.5) is 0 Å². The highest BCUT2D eigenvalue weighted by Gasteiger charge is 2.19. The molecule has 0 unspecified atom stereocenters. The fourth-order valence-electron chi connectivity index (χ4n) is 2.55. The molecule has 0 heterocycles. The first-order valence-electron chi connectivity index (χ1n) is 7.88. The molecule has 0 spiro atoms. The van der Waals surface area contributed by atoms with Gasteiger partial charge in [0.1, 0.15) is 0 Å². The van der Waals surface area contributed by atoms with Gasteiger partial charge in [0, 0.05) is 24.9 Å². The first kappa shape index (κ1) is 18.2. The minimum absolute atomic E-state index is 0.149. The van der Waals surface area contributed by atoms with E-state index in [1.165, 1.54) is 6.07 Å². The zero-order valence-corrected chi connectivity index (χ0v) is 15.4. The Bertz CT molecular complexity index is 857. The van der Waals surface area contributed by atoms with E-state index in [-0.39, 0.29) is 10.8 Å². The second kappa shape index (κ2) is 7.18. The van der Waals surface area contributed by atoms with Crippen LogP contribution in [0, 0.1) is 13.8 Å². The lowest BCUT2D eigenvalue weighted by Gasteiger charge is -2.23. The van der Waals surface area contributed by atoms with Crippen LogP contribution in [0.3, 0.4) is 0 Å². The summed E-state index contributed by atoms with van der Waals surface area (Å²) in [5.41, 5.74) is 3.43. The fourth-order valence-corrected chi connectivity index (χ4v) is 3.20. The Labute approximate surface area is 144 Å². The van der Waals surface area contributed by atoms with Gasteiger partial charge in [0.05, 0.1) is 4.90 Å². The second-order valence-corrected chi connectivity index (χ2v) is 8.01. The molecule has 0 aromatic heterocycles. The van der Waals surface area contributed by atoms with Crippen molar-refractivity contribution in [2.45, 2.75) is 32.2 Å². The molecule has 0 aliphatic carbocycles. The molecule has 0 saturated carbocycles. The molecule has 5 heteroatoms. The third-order valence-corrected chi connectivity index (χ3v) is 5.27. The summed E-state index contributed by atoms with van der Waals surface area (Å²) in [6.45, 7) is 6.82. The number of amides is 1. The maximum Gasteiger partial charge on any atom is 0.254 e. The summed E-state index contributed by atoms with van der Waals surface area (Å²) in [7, 11) is -3.34. The third kappa shape index (κ3) is 4.03. The lowest BCUT2D eigenvalue weighted by molar-refractivity contribution is 0.0751. The smallest absolute Gasteiger partial charge is 0.254 e. The van der Waals surface area contributed by atoms with Gasteiger partial charge in [-0.3, -0.25) is 4.79 Å². The summed E-state index contributed by atoms with van der Waals surface area (Å²) in [5, 5.41) is 0. The highest BCUT2D eigenvalue weighted by atomic mass is 32.2. The molecule has 1 amide bonds. The van der Waals surface area contributed by atoms with Crippen LogP contribution in [0.25, 0.3) is 0 Å². The SMILES string of the molecule is CCN(Cc1ccccc1C)C(=O)c1cc(S(C)(=O)=O)ccc1C. The molecule has 0 radical (unpaired) electrons. The molecule has 0 aliphatic rings. The molecule has 24 heavy (non-hydrogen) atoms. The summed E-state index contributed by atoms with van der Waals surface area (Å²) in [6, 6.07) is 12.7. The molecule has 2 rings (SSSR count). The van der Waals surface area contributed by atoms with Gasteiger partial charge < -0.3 is 4.90 Å². The Morgan fingerprint density at radius 1 is 1.04 bits per heavy atom. The molecule has 128 valence electrons. The van der Waals surface area contributed by atoms with Crippen molar-refractivity contribution in [2.24, 2.45) is 0 Å². The number of aryl methyl sites for hydroxylation is 2. The molecule has 0 aliphatic heterocycles. The summed E-state index contributed by atoms with van der Waals surface area (Å²) in [5.74, 6) is -0.149. The number of carbonyl (C=O) groups excluding carboxylic acids is 1. The molecule has 0 atom stereocenters. The maximum absolute atomic E-state index is 12.9. The predicted octanol–water partition coefficient (Wildman–Crippen LogP) is 3.37. The van der Waals surface area contributed by atoms with E-state index in [1.807, 2.05) is 45.0 Å². The quantitative estimate of drug-likeness (QED) is 0.835. The number of carbonyl (C=O) groups is 1. The van der Waals surface area contributed by atoms with Crippen LogP contribution < -0.4 is 0 Å². The van der Waals surface area contributed by atoms with Crippen LogP contribution in [-0.2, 0) is 16.4 Å². The van der Waals surface area contributed by atoms with E-state index in [0.29, 0.717) is 18.7 Å². The Morgan fingerprint density at radius 2 is 1.71 bits per heavy atom. The summed E-state index contributed by atoms with van der Waals surface area (Å²) in [6.07, 6.45) is 1.15. The number of nitrogens with zero attached hydrogens (tertiary/aromatic N) is 1. The van der Waals surface area contributed by atoms with Crippen molar-refractivity contribution in [3.05, 3.63) is 64.7 Å². The molecular weight excluding hydrogens is 322 g/mol. The number of hydrogen-bond donors (Lipinski definition) is 0. The first-order chi connectivity index (χ1) is 11.2. The minimum atomic E-state index is -3.34. The lowest BCUT2D eigenvalue weighted by Crippen LogP contribution is -2.31. The van der Waals surface area contributed by atoms with Crippen molar-refractivity contribution in [3.63, 3.8) is 0 Å².